The van der Waals surface area contributed by atoms with Crippen molar-refractivity contribution in [2.45, 2.75) is 30.5 Å². The molecule has 11 N–H and O–H groups in total. The molecule has 262 valence electrons. The zero-order valence-corrected chi connectivity index (χ0v) is 25.2. The van der Waals surface area contributed by atoms with Crippen LogP contribution >= 0.6 is 0 Å². The zero-order valence-electron chi connectivity index (χ0n) is 25.2. The number of esters is 2. The van der Waals surface area contributed by atoms with Crippen LogP contribution in [0.25, 0.3) is 0 Å². The third-order valence-electron chi connectivity index (χ3n) is 7.76. The van der Waals surface area contributed by atoms with E-state index in [1.165, 1.54) is 24.3 Å². The predicted molar refractivity (Wildman–Crippen MR) is 163 cm³/mol. The average molecular weight is 697 g/mol. The van der Waals surface area contributed by atoms with Crippen LogP contribution in [-0.4, -0.2) is 105 Å². The third-order valence-corrected chi connectivity index (χ3v) is 7.76. The second-order valence-electron chi connectivity index (χ2n) is 11.0. The molecule has 0 aromatic heterocycles. The van der Waals surface area contributed by atoms with Crippen molar-refractivity contribution in [3.05, 3.63) is 88.5 Å². The molecule has 5 atom stereocenters. The molecule has 4 aromatic carbocycles. The fourth-order valence-corrected chi connectivity index (χ4v) is 5.16. The van der Waals surface area contributed by atoms with E-state index >= 15 is 0 Å². The van der Waals surface area contributed by atoms with E-state index in [1.54, 1.807) is 0 Å². The van der Waals surface area contributed by atoms with Crippen LogP contribution in [0.15, 0.2) is 60.7 Å². The lowest BCUT2D eigenvalue weighted by molar-refractivity contribution is -0.232. The highest BCUT2D eigenvalue weighted by Crippen LogP contribution is 2.48. The number of phenolic OH excluding ortho intramolecular Hbond substituents is 9. The number of aromatic hydroxyl groups is 9. The van der Waals surface area contributed by atoms with Gasteiger partial charge < -0.3 is 70.4 Å². The van der Waals surface area contributed by atoms with Crippen LogP contribution in [0, 0.1) is 0 Å². The van der Waals surface area contributed by atoms with Gasteiger partial charge in [-0.3, -0.25) is 4.79 Å². The van der Waals surface area contributed by atoms with Crippen LogP contribution in [0.5, 0.6) is 51.7 Å². The standard InChI is InChI=1S/C33H28O17/c34-15-4-1-12(2-5-15)32(46)48-11-22-27(43)29(45)31(50-33(47)14-8-20(39)26(42)21(40)9-14)30(49-22)24-19(38)10-18(37)23(28(24)44)25(41)13-3-6-16(35)17(36)7-13/h1-10,22,27,29-31,34-40,42-45H,11H2/t22-,27-,29-,30-,31+/m0/s1. The quantitative estimate of drug-likeness (QED) is 0.0706. The van der Waals surface area contributed by atoms with Crippen molar-refractivity contribution in [2.75, 3.05) is 6.61 Å². The van der Waals surface area contributed by atoms with E-state index in [0.29, 0.717) is 18.2 Å². The van der Waals surface area contributed by atoms with Crippen LogP contribution < -0.4 is 0 Å². The summed E-state index contributed by atoms with van der Waals surface area (Å²) >= 11 is 0. The molecule has 17 heteroatoms. The van der Waals surface area contributed by atoms with Gasteiger partial charge in [0, 0.05) is 11.6 Å². The molecule has 17 nitrogen and oxygen atoms in total. The number of ether oxygens (including phenoxy) is 3. The number of hydrogen-bond acceptors (Lipinski definition) is 17. The van der Waals surface area contributed by atoms with Crippen LogP contribution in [0.4, 0.5) is 0 Å². The Bertz CT molecular complexity index is 1950. The van der Waals surface area contributed by atoms with Crippen molar-refractivity contribution in [1.82, 2.24) is 0 Å². The maximum atomic E-state index is 13.4. The average Bonchev–Trinajstić information content (AvgIpc) is 3.06. The van der Waals surface area contributed by atoms with Gasteiger partial charge in [-0.2, -0.15) is 0 Å². The number of phenols is 9. The molecule has 0 radical (unpaired) electrons. The highest BCUT2D eigenvalue weighted by Gasteiger charge is 2.50. The Morgan fingerprint density at radius 3 is 1.82 bits per heavy atom. The smallest absolute Gasteiger partial charge is 0.338 e. The molecule has 50 heavy (non-hydrogen) atoms. The van der Waals surface area contributed by atoms with E-state index in [4.69, 9.17) is 14.2 Å². The van der Waals surface area contributed by atoms with E-state index in [0.717, 1.165) is 18.2 Å². The Hall–Kier alpha value is -6.43. The van der Waals surface area contributed by atoms with Gasteiger partial charge in [0.2, 0.25) is 5.78 Å². The second kappa shape index (κ2) is 13.6. The number of carbonyl (C=O) groups excluding carboxylic acids is 3. The number of benzene rings is 4. The Kier molecular flexibility index (Phi) is 9.48. The van der Waals surface area contributed by atoms with Crippen molar-refractivity contribution in [3.63, 3.8) is 0 Å². The van der Waals surface area contributed by atoms with E-state index < -0.39 is 118 Å². The molecule has 5 rings (SSSR count). The Balaban J connectivity index is 1.55. The fraction of sp³-hybridized carbons (Fsp3) is 0.182. The molecule has 1 saturated heterocycles. The Labute approximate surface area is 279 Å². The lowest BCUT2D eigenvalue weighted by Gasteiger charge is -2.42. The Morgan fingerprint density at radius 1 is 0.600 bits per heavy atom. The minimum atomic E-state index is -2.17. The van der Waals surface area contributed by atoms with Gasteiger partial charge >= 0.3 is 11.9 Å². The molecule has 1 heterocycles. The Morgan fingerprint density at radius 2 is 1.20 bits per heavy atom. The minimum absolute atomic E-state index is 0.0327. The maximum absolute atomic E-state index is 13.4. The summed E-state index contributed by atoms with van der Waals surface area (Å²) in [7, 11) is 0. The fourth-order valence-electron chi connectivity index (χ4n) is 5.16. The largest absolute Gasteiger partial charge is 0.508 e. The first kappa shape index (κ1) is 34.9. The van der Waals surface area contributed by atoms with E-state index in [9.17, 15) is 70.6 Å². The molecular weight excluding hydrogens is 668 g/mol. The van der Waals surface area contributed by atoms with Crippen molar-refractivity contribution in [2.24, 2.45) is 0 Å². The third kappa shape index (κ3) is 6.63. The number of carbonyl (C=O) groups is 3. The minimum Gasteiger partial charge on any atom is -0.508 e. The van der Waals surface area contributed by atoms with E-state index in [-0.39, 0.29) is 16.9 Å². The van der Waals surface area contributed by atoms with Gasteiger partial charge in [-0.15, -0.1) is 0 Å². The highest BCUT2D eigenvalue weighted by atomic mass is 16.6. The lowest BCUT2D eigenvalue weighted by atomic mass is 9.88. The van der Waals surface area contributed by atoms with Crippen molar-refractivity contribution >= 4 is 17.7 Å². The molecule has 0 amide bonds. The summed E-state index contributed by atoms with van der Waals surface area (Å²) in [6.07, 6.45) is -10.00. The molecule has 0 spiro atoms. The summed E-state index contributed by atoms with van der Waals surface area (Å²) in [5.74, 6) is -11.0. The SMILES string of the molecule is O=C(OC[C@@H]1O[C@@H](c2c(O)cc(O)c(C(=O)c3ccc(O)c(O)c3)c2O)[C@H](OC(=O)c2cc(O)c(O)c(O)c2)[C@@H](O)[C@H]1O)c1ccc(O)cc1. The van der Waals surface area contributed by atoms with Crippen LogP contribution in [0.2, 0.25) is 0 Å². The molecule has 4 aromatic rings. The number of aliphatic hydroxyl groups excluding tert-OH is 2. The summed E-state index contributed by atoms with van der Waals surface area (Å²) in [4.78, 5) is 39.2. The number of aliphatic hydroxyl groups is 2. The molecule has 1 fully saturated rings. The summed E-state index contributed by atoms with van der Waals surface area (Å²) in [5, 5.41) is 113. The van der Waals surface area contributed by atoms with Gasteiger partial charge in [-0.05, 0) is 54.6 Å². The lowest BCUT2D eigenvalue weighted by Crippen LogP contribution is -2.57. The molecular formula is C33H28O17. The van der Waals surface area contributed by atoms with Crippen LogP contribution in [-0.2, 0) is 14.2 Å². The molecule has 0 saturated carbocycles. The van der Waals surface area contributed by atoms with Crippen molar-refractivity contribution < 1.29 is 84.8 Å². The van der Waals surface area contributed by atoms with Crippen molar-refractivity contribution in [3.8, 4) is 51.7 Å². The summed E-state index contributed by atoms with van der Waals surface area (Å²) in [6, 6.07) is 9.59. The molecule has 0 bridgehead atoms. The monoisotopic (exact) mass is 696 g/mol. The molecule has 0 aliphatic carbocycles. The van der Waals surface area contributed by atoms with Crippen LogP contribution in [0.1, 0.15) is 48.3 Å². The van der Waals surface area contributed by atoms with Gasteiger partial charge in [0.25, 0.3) is 0 Å². The number of hydrogen-bond donors (Lipinski definition) is 11. The predicted octanol–water partition coefficient (Wildman–Crippen LogP) is 1.51. The van der Waals surface area contributed by atoms with E-state index in [1.807, 2.05) is 0 Å². The van der Waals surface area contributed by atoms with Crippen LogP contribution in [0.3, 0.4) is 0 Å². The van der Waals surface area contributed by atoms with Gasteiger partial charge in [-0.25, -0.2) is 9.59 Å². The first-order valence-corrected chi connectivity index (χ1v) is 14.4. The molecule has 1 aliphatic heterocycles. The maximum Gasteiger partial charge on any atom is 0.338 e. The number of ketones is 1. The summed E-state index contributed by atoms with van der Waals surface area (Å²) in [5.41, 5.74) is -2.67. The van der Waals surface area contributed by atoms with Gasteiger partial charge in [0.05, 0.1) is 16.7 Å². The zero-order chi connectivity index (χ0) is 36.6. The van der Waals surface area contributed by atoms with Gasteiger partial charge in [0.15, 0.2) is 34.9 Å². The second-order valence-corrected chi connectivity index (χ2v) is 11.0. The summed E-state index contributed by atoms with van der Waals surface area (Å²) < 4.78 is 16.4. The van der Waals surface area contributed by atoms with Crippen molar-refractivity contribution in [1.29, 1.82) is 0 Å². The van der Waals surface area contributed by atoms with Gasteiger partial charge in [0.1, 0.15) is 59.6 Å². The topological polar surface area (TPSA) is 301 Å². The van der Waals surface area contributed by atoms with Gasteiger partial charge in [-0.1, -0.05) is 0 Å². The summed E-state index contributed by atoms with van der Waals surface area (Å²) in [6.45, 7) is -0.799. The number of rotatable bonds is 8. The first-order chi connectivity index (χ1) is 23.6. The first-order valence-electron chi connectivity index (χ1n) is 14.4. The molecule has 1 aliphatic rings. The highest BCUT2D eigenvalue weighted by molar-refractivity contribution is 6.13. The normalized spacial score (nSPS) is 20.2. The molecule has 0 unspecified atom stereocenters. The van der Waals surface area contributed by atoms with E-state index in [2.05, 4.69) is 0 Å².